The van der Waals surface area contributed by atoms with Crippen molar-refractivity contribution in [3.05, 3.63) is 58.4 Å². The minimum atomic E-state index is 0.779. The molecule has 0 fully saturated rings. The van der Waals surface area contributed by atoms with Gasteiger partial charge in [-0.25, -0.2) is 4.68 Å². The van der Waals surface area contributed by atoms with Crippen molar-refractivity contribution in [3.63, 3.8) is 0 Å². The zero-order valence-corrected chi connectivity index (χ0v) is 13.9. The van der Waals surface area contributed by atoms with Gasteiger partial charge in [0, 0.05) is 17.3 Å². The van der Waals surface area contributed by atoms with Crippen LogP contribution in [0.2, 0.25) is 0 Å². The van der Waals surface area contributed by atoms with Gasteiger partial charge in [-0.05, 0) is 36.1 Å². The van der Waals surface area contributed by atoms with Crippen LogP contribution in [0, 0.1) is 0 Å². The summed E-state index contributed by atoms with van der Waals surface area (Å²) in [6, 6.07) is 12.1. The standard InChI is InChI=1S/C16H15N3OS2/c1-17-16-19(14(11-22-16)15-4-3-9-20-15)18-10-12-5-7-13(21-2)8-6-12/h3-11H,1-2H3. The van der Waals surface area contributed by atoms with Crippen LogP contribution in [0.4, 0.5) is 0 Å². The Morgan fingerprint density at radius 1 is 1.23 bits per heavy atom. The Balaban J connectivity index is 1.97. The first-order chi connectivity index (χ1) is 10.8. The van der Waals surface area contributed by atoms with Gasteiger partial charge in [0.25, 0.3) is 0 Å². The summed E-state index contributed by atoms with van der Waals surface area (Å²) in [5, 5.41) is 6.56. The van der Waals surface area contributed by atoms with Crippen LogP contribution in [0.15, 0.2) is 67.4 Å². The highest BCUT2D eigenvalue weighted by atomic mass is 32.2. The minimum Gasteiger partial charge on any atom is -0.463 e. The van der Waals surface area contributed by atoms with Crippen molar-refractivity contribution in [2.45, 2.75) is 4.90 Å². The normalized spacial score (nSPS) is 12.4. The molecule has 0 unspecified atom stereocenters. The number of aromatic nitrogens is 1. The highest BCUT2D eigenvalue weighted by Crippen LogP contribution is 2.20. The Labute approximate surface area is 136 Å². The number of thioether (sulfide) groups is 1. The highest BCUT2D eigenvalue weighted by Gasteiger charge is 2.09. The predicted molar refractivity (Wildman–Crippen MR) is 92.7 cm³/mol. The SMILES string of the molecule is CN=c1scc(-c2ccco2)n1N=Cc1ccc(SC)cc1. The number of rotatable bonds is 4. The van der Waals surface area contributed by atoms with Gasteiger partial charge in [0.15, 0.2) is 5.76 Å². The van der Waals surface area contributed by atoms with E-state index in [0.717, 1.165) is 21.8 Å². The van der Waals surface area contributed by atoms with Crippen molar-refractivity contribution in [1.82, 2.24) is 4.68 Å². The molecule has 0 spiro atoms. The summed E-state index contributed by atoms with van der Waals surface area (Å²) in [6.45, 7) is 0. The molecule has 0 radical (unpaired) electrons. The van der Waals surface area contributed by atoms with Gasteiger partial charge in [0.1, 0.15) is 5.69 Å². The number of hydrogen-bond donors (Lipinski definition) is 0. The third-order valence-corrected chi connectivity index (χ3v) is 4.74. The minimum absolute atomic E-state index is 0.779. The molecule has 0 saturated heterocycles. The average Bonchev–Trinajstić information content (AvgIpc) is 3.22. The van der Waals surface area contributed by atoms with Crippen molar-refractivity contribution < 1.29 is 4.42 Å². The fraction of sp³-hybridized carbons (Fsp3) is 0.125. The number of hydrogen-bond acceptors (Lipinski definition) is 5. The molecule has 0 N–H and O–H groups in total. The van der Waals surface area contributed by atoms with Crippen LogP contribution in [0.25, 0.3) is 11.5 Å². The fourth-order valence-corrected chi connectivity index (χ4v) is 3.16. The van der Waals surface area contributed by atoms with Gasteiger partial charge in [-0.2, -0.15) is 5.10 Å². The van der Waals surface area contributed by atoms with Gasteiger partial charge in [-0.1, -0.05) is 12.1 Å². The first-order valence-corrected chi connectivity index (χ1v) is 8.78. The summed E-state index contributed by atoms with van der Waals surface area (Å²) in [4.78, 5) is 6.32. The molecule has 0 amide bonds. The number of benzene rings is 1. The van der Waals surface area contributed by atoms with Crippen molar-refractivity contribution in [2.75, 3.05) is 13.3 Å². The Morgan fingerprint density at radius 3 is 2.68 bits per heavy atom. The molecule has 22 heavy (non-hydrogen) atoms. The van der Waals surface area contributed by atoms with Crippen LogP contribution in [0.1, 0.15) is 5.56 Å². The Morgan fingerprint density at radius 2 is 2.05 bits per heavy atom. The topological polar surface area (TPSA) is 42.8 Å². The average molecular weight is 329 g/mol. The maximum atomic E-state index is 5.47. The van der Waals surface area contributed by atoms with E-state index in [-0.39, 0.29) is 0 Å². The van der Waals surface area contributed by atoms with Crippen LogP contribution >= 0.6 is 23.1 Å². The van der Waals surface area contributed by atoms with Gasteiger partial charge in [0.2, 0.25) is 4.80 Å². The second kappa shape index (κ2) is 6.81. The molecule has 0 bridgehead atoms. The largest absolute Gasteiger partial charge is 0.463 e. The van der Waals surface area contributed by atoms with E-state index in [1.165, 1.54) is 16.2 Å². The molecule has 3 aromatic rings. The van der Waals surface area contributed by atoms with Crippen molar-refractivity contribution in [1.29, 1.82) is 0 Å². The molecule has 2 heterocycles. The molecular weight excluding hydrogens is 314 g/mol. The van der Waals surface area contributed by atoms with Crippen LogP contribution in [-0.4, -0.2) is 24.2 Å². The monoisotopic (exact) mass is 329 g/mol. The molecule has 1 aromatic carbocycles. The predicted octanol–water partition coefficient (Wildman–Crippen LogP) is 3.94. The zero-order valence-electron chi connectivity index (χ0n) is 12.3. The van der Waals surface area contributed by atoms with Crippen LogP contribution in [-0.2, 0) is 0 Å². The summed E-state index contributed by atoms with van der Waals surface area (Å²) in [7, 11) is 1.76. The lowest BCUT2D eigenvalue weighted by atomic mass is 10.2. The maximum Gasteiger partial charge on any atom is 0.206 e. The van der Waals surface area contributed by atoms with E-state index in [1.54, 1.807) is 29.7 Å². The number of furan rings is 1. The van der Waals surface area contributed by atoms with Crippen molar-refractivity contribution in [3.8, 4) is 11.5 Å². The molecule has 4 nitrogen and oxygen atoms in total. The molecule has 112 valence electrons. The third-order valence-electron chi connectivity index (χ3n) is 3.09. The van der Waals surface area contributed by atoms with Gasteiger partial charge in [0.05, 0.1) is 12.5 Å². The molecule has 2 aromatic heterocycles. The molecular formula is C16H15N3OS2. The quantitative estimate of drug-likeness (QED) is 0.537. The molecule has 0 saturated carbocycles. The highest BCUT2D eigenvalue weighted by molar-refractivity contribution is 7.98. The third kappa shape index (κ3) is 3.08. The Hall–Kier alpha value is -2.05. The Bertz CT molecular complexity index is 827. The van der Waals surface area contributed by atoms with E-state index >= 15 is 0 Å². The first kappa shape index (κ1) is 14.9. The van der Waals surface area contributed by atoms with E-state index in [4.69, 9.17) is 4.42 Å². The van der Waals surface area contributed by atoms with Crippen LogP contribution in [0.3, 0.4) is 0 Å². The van der Waals surface area contributed by atoms with Crippen molar-refractivity contribution in [2.24, 2.45) is 10.1 Å². The van der Waals surface area contributed by atoms with E-state index in [0.29, 0.717) is 0 Å². The van der Waals surface area contributed by atoms with Gasteiger partial charge >= 0.3 is 0 Å². The van der Waals surface area contributed by atoms with E-state index < -0.39 is 0 Å². The maximum absolute atomic E-state index is 5.47. The lowest BCUT2D eigenvalue weighted by Gasteiger charge is -2.00. The fourth-order valence-electron chi connectivity index (χ4n) is 1.97. The second-order valence-electron chi connectivity index (χ2n) is 4.43. The summed E-state index contributed by atoms with van der Waals surface area (Å²) in [5.41, 5.74) is 1.94. The lowest BCUT2D eigenvalue weighted by Crippen LogP contribution is -2.11. The number of thiazole rings is 1. The zero-order chi connectivity index (χ0) is 15.4. The van der Waals surface area contributed by atoms with Crippen LogP contribution in [0.5, 0.6) is 0 Å². The molecule has 0 aliphatic carbocycles. The van der Waals surface area contributed by atoms with Gasteiger partial charge in [-0.15, -0.1) is 23.1 Å². The van der Waals surface area contributed by atoms with Crippen molar-refractivity contribution >= 4 is 29.3 Å². The van der Waals surface area contributed by atoms with Gasteiger partial charge < -0.3 is 4.42 Å². The first-order valence-electron chi connectivity index (χ1n) is 6.67. The Kier molecular flexibility index (Phi) is 4.60. The summed E-state index contributed by atoms with van der Waals surface area (Å²) in [5.74, 6) is 0.779. The smallest absolute Gasteiger partial charge is 0.206 e. The number of nitrogens with zero attached hydrogens (tertiary/aromatic N) is 3. The molecule has 0 aliphatic rings. The summed E-state index contributed by atoms with van der Waals surface area (Å²) in [6.07, 6.45) is 5.55. The van der Waals surface area contributed by atoms with E-state index in [1.807, 2.05) is 23.7 Å². The summed E-state index contributed by atoms with van der Waals surface area (Å²) >= 11 is 3.26. The lowest BCUT2D eigenvalue weighted by molar-refractivity contribution is 0.575. The molecule has 0 atom stereocenters. The molecule has 0 aliphatic heterocycles. The second-order valence-corrected chi connectivity index (χ2v) is 6.15. The molecule has 3 rings (SSSR count). The van der Waals surface area contributed by atoms with E-state index in [9.17, 15) is 0 Å². The summed E-state index contributed by atoms with van der Waals surface area (Å²) < 4.78 is 7.27. The van der Waals surface area contributed by atoms with E-state index in [2.05, 4.69) is 40.6 Å². The molecule has 6 heteroatoms. The van der Waals surface area contributed by atoms with Crippen LogP contribution < -0.4 is 4.80 Å². The van der Waals surface area contributed by atoms with Gasteiger partial charge in [-0.3, -0.25) is 4.99 Å².